The van der Waals surface area contributed by atoms with Crippen molar-refractivity contribution < 1.29 is 9.90 Å². The minimum atomic E-state index is -0.185. The van der Waals surface area contributed by atoms with E-state index in [-0.39, 0.29) is 18.6 Å². The van der Waals surface area contributed by atoms with E-state index in [0.717, 1.165) is 5.56 Å². The fraction of sp³-hybridized carbons (Fsp3) is 0.357. The van der Waals surface area contributed by atoms with Crippen molar-refractivity contribution in [3.63, 3.8) is 0 Å². The molecule has 0 aliphatic rings. The van der Waals surface area contributed by atoms with Crippen LogP contribution < -0.4 is 5.32 Å². The molecule has 1 aromatic rings. The third kappa shape index (κ3) is 5.31. The Morgan fingerprint density at radius 1 is 1.41 bits per heavy atom. The van der Waals surface area contributed by atoms with Crippen LogP contribution >= 0.6 is 0 Å². The molecule has 1 atom stereocenters. The number of benzene rings is 1. The number of carbonyl (C=O) groups excluding carboxylic acids is 1. The fourth-order valence-corrected chi connectivity index (χ4v) is 1.36. The highest BCUT2D eigenvalue weighted by Crippen LogP contribution is 2.05. The summed E-state index contributed by atoms with van der Waals surface area (Å²) in [4.78, 5) is 11.4. The summed E-state index contributed by atoms with van der Waals surface area (Å²) < 4.78 is 0. The van der Waals surface area contributed by atoms with Gasteiger partial charge in [0.25, 0.3) is 0 Å². The number of carbonyl (C=O) groups is 1. The van der Waals surface area contributed by atoms with E-state index in [1.807, 2.05) is 43.3 Å². The number of aliphatic hydroxyl groups is 1. The van der Waals surface area contributed by atoms with Crippen LogP contribution in [0.1, 0.15) is 24.5 Å². The number of hydrogen-bond acceptors (Lipinski definition) is 2. The summed E-state index contributed by atoms with van der Waals surface area (Å²) >= 11 is 0. The number of aliphatic hydroxyl groups excluding tert-OH is 1. The number of hydrogen-bond donors (Lipinski definition) is 2. The molecule has 0 heterocycles. The molecule has 0 radical (unpaired) electrons. The Kier molecular flexibility index (Phi) is 5.43. The summed E-state index contributed by atoms with van der Waals surface area (Å²) in [6.45, 7) is 3.77. The van der Waals surface area contributed by atoms with Crippen LogP contribution in [0.5, 0.6) is 0 Å². The largest absolute Gasteiger partial charge is 0.394 e. The standard InChI is InChI=1S/C14H19NO2/c1-11-6-8-13(9-7-11)4-3-5-14(17)15-12(2)10-16/h3-4,6-9,12,16H,5,10H2,1-2H3,(H,15,17)/b4-3+. The molecule has 1 rings (SSSR count). The number of nitrogens with one attached hydrogen (secondary N) is 1. The van der Waals surface area contributed by atoms with Gasteiger partial charge >= 0.3 is 0 Å². The summed E-state index contributed by atoms with van der Waals surface area (Å²) in [5, 5.41) is 11.5. The molecule has 1 amide bonds. The van der Waals surface area contributed by atoms with E-state index >= 15 is 0 Å². The van der Waals surface area contributed by atoms with Crippen molar-refractivity contribution in [1.29, 1.82) is 0 Å². The maximum absolute atomic E-state index is 11.4. The van der Waals surface area contributed by atoms with Gasteiger partial charge in [0.15, 0.2) is 0 Å². The minimum absolute atomic E-state index is 0.0343. The summed E-state index contributed by atoms with van der Waals surface area (Å²) in [5.41, 5.74) is 2.30. The average Bonchev–Trinajstić information content (AvgIpc) is 2.31. The summed E-state index contributed by atoms with van der Waals surface area (Å²) in [7, 11) is 0. The van der Waals surface area contributed by atoms with Crippen LogP contribution in [0.25, 0.3) is 6.08 Å². The van der Waals surface area contributed by atoms with Crippen molar-refractivity contribution in [3.05, 3.63) is 41.5 Å². The quantitative estimate of drug-likeness (QED) is 0.816. The second-order valence-electron chi connectivity index (χ2n) is 4.17. The second kappa shape index (κ2) is 6.86. The van der Waals surface area contributed by atoms with E-state index in [2.05, 4.69) is 5.32 Å². The molecule has 92 valence electrons. The normalized spacial score (nSPS) is 12.6. The molecular weight excluding hydrogens is 214 g/mol. The van der Waals surface area contributed by atoms with Crippen LogP contribution in [0.4, 0.5) is 0 Å². The van der Waals surface area contributed by atoms with Gasteiger partial charge in [-0.05, 0) is 19.4 Å². The Bertz CT molecular complexity index is 382. The van der Waals surface area contributed by atoms with Crippen molar-refractivity contribution in [2.75, 3.05) is 6.61 Å². The maximum atomic E-state index is 11.4. The van der Waals surface area contributed by atoms with Gasteiger partial charge in [0.2, 0.25) is 5.91 Å². The van der Waals surface area contributed by atoms with E-state index in [1.54, 1.807) is 6.92 Å². The molecule has 0 aliphatic carbocycles. The van der Waals surface area contributed by atoms with E-state index in [9.17, 15) is 4.79 Å². The van der Waals surface area contributed by atoms with Crippen molar-refractivity contribution in [2.45, 2.75) is 26.3 Å². The first kappa shape index (κ1) is 13.5. The second-order valence-corrected chi connectivity index (χ2v) is 4.17. The molecule has 0 aliphatic heterocycles. The number of aryl methyl sites for hydroxylation is 1. The van der Waals surface area contributed by atoms with Crippen LogP contribution in [0, 0.1) is 6.92 Å². The highest BCUT2D eigenvalue weighted by Gasteiger charge is 2.03. The highest BCUT2D eigenvalue weighted by atomic mass is 16.3. The van der Waals surface area contributed by atoms with Crippen molar-refractivity contribution in [3.8, 4) is 0 Å². The number of rotatable bonds is 5. The van der Waals surface area contributed by atoms with Crippen molar-refractivity contribution in [1.82, 2.24) is 5.32 Å². The van der Waals surface area contributed by atoms with E-state index in [1.165, 1.54) is 5.56 Å². The predicted molar refractivity (Wildman–Crippen MR) is 69.5 cm³/mol. The fourth-order valence-electron chi connectivity index (χ4n) is 1.36. The third-order valence-corrected chi connectivity index (χ3v) is 2.37. The van der Waals surface area contributed by atoms with Crippen molar-refractivity contribution in [2.24, 2.45) is 0 Å². The number of amides is 1. The molecule has 1 unspecified atom stereocenters. The smallest absolute Gasteiger partial charge is 0.224 e. The highest BCUT2D eigenvalue weighted by molar-refractivity contribution is 5.78. The maximum Gasteiger partial charge on any atom is 0.224 e. The molecule has 0 saturated carbocycles. The van der Waals surface area contributed by atoms with Gasteiger partial charge in [-0.2, -0.15) is 0 Å². The Morgan fingerprint density at radius 2 is 2.06 bits per heavy atom. The van der Waals surface area contributed by atoms with Gasteiger partial charge in [0, 0.05) is 12.5 Å². The molecule has 0 fully saturated rings. The first-order valence-corrected chi connectivity index (χ1v) is 5.75. The zero-order valence-corrected chi connectivity index (χ0v) is 10.3. The lowest BCUT2D eigenvalue weighted by atomic mass is 10.1. The predicted octanol–water partition coefficient (Wildman–Crippen LogP) is 1.90. The van der Waals surface area contributed by atoms with Gasteiger partial charge in [0.05, 0.1) is 6.61 Å². The molecule has 1 aromatic carbocycles. The van der Waals surface area contributed by atoms with Crippen LogP contribution in [0.2, 0.25) is 0 Å². The van der Waals surface area contributed by atoms with E-state index < -0.39 is 0 Å². The molecule has 0 bridgehead atoms. The van der Waals surface area contributed by atoms with Gasteiger partial charge in [-0.3, -0.25) is 4.79 Å². The zero-order chi connectivity index (χ0) is 12.7. The van der Waals surface area contributed by atoms with E-state index in [4.69, 9.17) is 5.11 Å². The third-order valence-electron chi connectivity index (χ3n) is 2.37. The van der Waals surface area contributed by atoms with Crippen LogP contribution in [0.3, 0.4) is 0 Å². The summed E-state index contributed by atoms with van der Waals surface area (Å²) in [5.74, 6) is -0.0742. The lowest BCUT2D eigenvalue weighted by Gasteiger charge is -2.08. The first-order chi connectivity index (χ1) is 8.11. The lowest BCUT2D eigenvalue weighted by Crippen LogP contribution is -2.34. The summed E-state index contributed by atoms with van der Waals surface area (Å²) in [6.07, 6.45) is 4.07. The molecule has 0 aromatic heterocycles. The average molecular weight is 233 g/mol. The van der Waals surface area contributed by atoms with Crippen LogP contribution in [-0.4, -0.2) is 23.7 Å². The topological polar surface area (TPSA) is 49.3 Å². The molecule has 3 heteroatoms. The Balaban J connectivity index is 2.39. The summed E-state index contributed by atoms with van der Waals surface area (Å²) in [6, 6.07) is 7.91. The molecular formula is C14H19NO2. The van der Waals surface area contributed by atoms with Gasteiger partial charge in [-0.1, -0.05) is 42.0 Å². The zero-order valence-electron chi connectivity index (χ0n) is 10.3. The lowest BCUT2D eigenvalue weighted by molar-refractivity contribution is -0.121. The van der Waals surface area contributed by atoms with Crippen LogP contribution in [0.15, 0.2) is 30.3 Å². The van der Waals surface area contributed by atoms with Crippen molar-refractivity contribution >= 4 is 12.0 Å². The molecule has 0 spiro atoms. The van der Waals surface area contributed by atoms with E-state index in [0.29, 0.717) is 6.42 Å². The van der Waals surface area contributed by atoms with Gasteiger partial charge in [-0.25, -0.2) is 0 Å². The van der Waals surface area contributed by atoms with Crippen LogP contribution in [-0.2, 0) is 4.79 Å². The Morgan fingerprint density at radius 3 is 2.65 bits per heavy atom. The van der Waals surface area contributed by atoms with Gasteiger partial charge in [-0.15, -0.1) is 0 Å². The Hall–Kier alpha value is -1.61. The Labute approximate surface area is 102 Å². The first-order valence-electron chi connectivity index (χ1n) is 5.75. The molecule has 17 heavy (non-hydrogen) atoms. The molecule has 0 saturated heterocycles. The van der Waals surface area contributed by atoms with Gasteiger partial charge < -0.3 is 10.4 Å². The monoisotopic (exact) mass is 233 g/mol. The van der Waals surface area contributed by atoms with Gasteiger partial charge in [0.1, 0.15) is 0 Å². The SMILES string of the molecule is Cc1ccc(/C=C/CC(=O)NC(C)CO)cc1. The molecule has 2 N–H and O–H groups in total. The molecule has 3 nitrogen and oxygen atoms in total. The minimum Gasteiger partial charge on any atom is -0.394 e.